The van der Waals surface area contributed by atoms with Gasteiger partial charge >= 0.3 is 0 Å². The molecule has 7 atom stereocenters. The van der Waals surface area contributed by atoms with Crippen molar-refractivity contribution in [2.45, 2.75) is 89.2 Å². The van der Waals surface area contributed by atoms with Crippen molar-refractivity contribution in [2.75, 3.05) is 32.7 Å². The first kappa shape index (κ1) is 21.9. The lowest BCUT2D eigenvalue weighted by Crippen LogP contribution is -2.72. The van der Waals surface area contributed by atoms with Gasteiger partial charge in [-0.25, -0.2) is 0 Å². The average molecular weight is 425 g/mol. The van der Waals surface area contributed by atoms with Crippen LogP contribution in [0.1, 0.15) is 77.0 Å². The second-order valence-corrected chi connectivity index (χ2v) is 11.1. The molecule has 1 N–H and O–H groups in total. The van der Waals surface area contributed by atoms with Crippen LogP contribution in [0, 0.1) is 17.3 Å². The number of rotatable bonds is 0. The maximum absolute atomic E-state index is 11.5. The number of hydrogen-bond donors (Lipinski definition) is 1. The van der Waals surface area contributed by atoms with Gasteiger partial charge in [-0.3, -0.25) is 4.90 Å². The van der Waals surface area contributed by atoms with E-state index in [0.29, 0.717) is 17.9 Å². The van der Waals surface area contributed by atoms with E-state index in [2.05, 4.69) is 40.2 Å². The van der Waals surface area contributed by atoms with Crippen LogP contribution in [0.15, 0.2) is 36.0 Å². The Morgan fingerprint density at radius 2 is 1.55 bits per heavy atom. The van der Waals surface area contributed by atoms with Crippen LogP contribution >= 0.6 is 0 Å². The van der Waals surface area contributed by atoms with E-state index in [9.17, 15) is 5.11 Å². The summed E-state index contributed by atoms with van der Waals surface area (Å²) < 4.78 is 0. The fraction of sp³-hybridized carbons (Fsp3) is 0.786. The molecule has 31 heavy (non-hydrogen) atoms. The predicted octanol–water partition coefficient (Wildman–Crippen LogP) is 5.33. The molecular weight excluding hydrogens is 380 g/mol. The first-order valence-corrected chi connectivity index (χ1v) is 13.4. The summed E-state index contributed by atoms with van der Waals surface area (Å²) in [4.78, 5) is 5.54. The van der Waals surface area contributed by atoms with Crippen LogP contribution in [0.5, 0.6) is 0 Å². The van der Waals surface area contributed by atoms with Gasteiger partial charge in [-0.05, 0) is 83.2 Å². The molecule has 6 rings (SSSR count). The summed E-state index contributed by atoms with van der Waals surface area (Å²) in [5.41, 5.74) is 1.94. The molecule has 3 nitrogen and oxygen atoms in total. The van der Waals surface area contributed by atoms with E-state index in [1.54, 1.807) is 5.57 Å². The maximum atomic E-state index is 11.5. The molecule has 2 fully saturated rings. The van der Waals surface area contributed by atoms with Crippen molar-refractivity contribution in [3.63, 3.8) is 0 Å². The molecular formula is C28H44N2O. The Kier molecular flexibility index (Phi) is 7.02. The Balaban J connectivity index is 1.52. The van der Waals surface area contributed by atoms with Crippen molar-refractivity contribution in [1.82, 2.24) is 9.80 Å². The third-order valence-electron chi connectivity index (χ3n) is 9.01. The number of hydrogen-bond acceptors (Lipinski definition) is 3. The lowest BCUT2D eigenvalue weighted by atomic mass is 9.51. The van der Waals surface area contributed by atoms with E-state index in [1.165, 1.54) is 103 Å². The standard InChI is InChI=1S/C28H44N2O/c31-25-21-29-17-13-9-5-2-1-3-7-11-15-23-19-24-20-30-18-14-10-6-4-8-12-16-28(22-29,26(24)25)27(23)30/h3-4,7-8,19,24-27,31H,1-2,5-6,9-18,20-22H2/b7-3-,8-4-/t24-,25-,26+,27-,28-/m0/s1. The highest BCUT2D eigenvalue weighted by Gasteiger charge is 2.61. The number of aliphatic hydroxyl groups is 1. The van der Waals surface area contributed by atoms with E-state index >= 15 is 0 Å². The van der Waals surface area contributed by atoms with Crippen LogP contribution in [0.4, 0.5) is 0 Å². The Bertz CT molecular complexity index is 697. The van der Waals surface area contributed by atoms with E-state index in [1.807, 2.05) is 0 Å². The number of nitrogens with zero attached hydrogens (tertiary/aromatic N) is 2. The van der Waals surface area contributed by atoms with Crippen molar-refractivity contribution in [3.8, 4) is 0 Å². The molecule has 0 aromatic heterocycles. The minimum Gasteiger partial charge on any atom is -0.391 e. The Hall–Kier alpha value is -0.900. The summed E-state index contributed by atoms with van der Waals surface area (Å²) in [5, 5.41) is 11.5. The van der Waals surface area contributed by atoms with Crippen LogP contribution < -0.4 is 0 Å². The highest BCUT2D eigenvalue weighted by Crippen LogP contribution is 2.57. The molecule has 2 saturated heterocycles. The zero-order valence-corrected chi connectivity index (χ0v) is 19.6. The average Bonchev–Trinajstić information content (AvgIpc) is 2.78. The van der Waals surface area contributed by atoms with Gasteiger partial charge in [0.25, 0.3) is 0 Å². The van der Waals surface area contributed by atoms with Crippen LogP contribution in [0.25, 0.3) is 0 Å². The lowest BCUT2D eigenvalue weighted by molar-refractivity contribution is -0.160. The molecule has 1 spiro atoms. The minimum atomic E-state index is -0.161. The van der Waals surface area contributed by atoms with E-state index < -0.39 is 0 Å². The van der Waals surface area contributed by atoms with E-state index in [-0.39, 0.29) is 11.5 Å². The molecule has 1 aliphatic carbocycles. The van der Waals surface area contributed by atoms with Crippen LogP contribution in [-0.2, 0) is 0 Å². The molecule has 0 aromatic carbocycles. The SMILES string of the molecule is O[C@H]1CN2CCCCCC/C=C\CCC3=C[C@H]4CN5CCCC/C=C\CC[C@](C2)([C@@H]14)[C@H]35. The van der Waals surface area contributed by atoms with Gasteiger partial charge in [0.15, 0.2) is 0 Å². The van der Waals surface area contributed by atoms with Crippen molar-refractivity contribution < 1.29 is 5.11 Å². The Labute approximate surface area is 190 Å². The van der Waals surface area contributed by atoms with Crippen molar-refractivity contribution in [3.05, 3.63) is 36.0 Å². The zero-order chi connectivity index (χ0) is 21.1. The molecule has 3 heteroatoms. The summed E-state index contributed by atoms with van der Waals surface area (Å²) in [6.45, 7) is 5.70. The molecule has 0 aromatic rings. The predicted molar refractivity (Wildman–Crippen MR) is 129 cm³/mol. The summed E-state index contributed by atoms with van der Waals surface area (Å²) in [6.07, 6.45) is 27.5. The summed E-state index contributed by atoms with van der Waals surface area (Å²) >= 11 is 0. The first-order chi connectivity index (χ1) is 15.3. The molecule has 0 radical (unpaired) electrons. The fourth-order valence-electron chi connectivity index (χ4n) is 7.90. The summed E-state index contributed by atoms with van der Waals surface area (Å²) in [7, 11) is 0. The van der Waals surface area contributed by atoms with Gasteiger partial charge in [0.05, 0.1) is 6.10 Å². The van der Waals surface area contributed by atoms with Crippen LogP contribution in [-0.4, -0.2) is 59.8 Å². The van der Waals surface area contributed by atoms with Crippen LogP contribution in [0.2, 0.25) is 0 Å². The second kappa shape index (κ2) is 9.93. The molecule has 5 aliphatic heterocycles. The molecule has 6 aliphatic rings. The van der Waals surface area contributed by atoms with E-state index in [4.69, 9.17) is 0 Å². The largest absolute Gasteiger partial charge is 0.391 e. The van der Waals surface area contributed by atoms with Crippen molar-refractivity contribution >= 4 is 0 Å². The van der Waals surface area contributed by atoms with Gasteiger partial charge in [0.2, 0.25) is 0 Å². The minimum absolute atomic E-state index is 0.161. The zero-order valence-electron chi connectivity index (χ0n) is 19.6. The summed E-state index contributed by atoms with van der Waals surface area (Å²) in [5.74, 6) is 0.996. The number of piperidine rings is 2. The summed E-state index contributed by atoms with van der Waals surface area (Å²) in [6, 6.07) is 0.546. The number of fused-ring (bicyclic) bond motifs is 1. The highest BCUT2D eigenvalue weighted by molar-refractivity contribution is 5.31. The monoisotopic (exact) mass is 424 g/mol. The molecule has 6 bridgehead atoms. The van der Waals surface area contributed by atoms with Gasteiger partial charge < -0.3 is 10.0 Å². The van der Waals surface area contributed by atoms with Gasteiger partial charge in [-0.15, -0.1) is 0 Å². The highest BCUT2D eigenvalue weighted by atomic mass is 16.3. The van der Waals surface area contributed by atoms with Crippen molar-refractivity contribution in [1.29, 1.82) is 0 Å². The van der Waals surface area contributed by atoms with E-state index in [0.717, 1.165) is 6.54 Å². The lowest BCUT2D eigenvalue weighted by Gasteiger charge is -2.65. The molecule has 0 saturated carbocycles. The van der Waals surface area contributed by atoms with Gasteiger partial charge in [-0.2, -0.15) is 0 Å². The second-order valence-electron chi connectivity index (χ2n) is 11.1. The molecule has 0 amide bonds. The molecule has 2 unspecified atom stereocenters. The van der Waals surface area contributed by atoms with Gasteiger partial charge in [0.1, 0.15) is 0 Å². The van der Waals surface area contributed by atoms with Gasteiger partial charge in [0, 0.05) is 37.0 Å². The third kappa shape index (κ3) is 4.48. The normalized spacial score (nSPS) is 46.2. The third-order valence-corrected chi connectivity index (χ3v) is 9.01. The fourth-order valence-corrected chi connectivity index (χ4v) is 7.90. The Morgan fingerprint density at radius 1 is 0.806 bits per heavy atom. The number of aliphatic hydroxyl groups excluding tert-OH is 1. The first-order valence-electron chi connectivity index (χ1n) is 13.4. The number of allylic oxidation sites excluding steroid dienone is 4. The van der Waals surface area contributed by atoms with Crippen molar-refractivity contribution in [2.24, 2.45) is 17.3 Å². The van der Waals surface area contributed by atoms with Crippen LogP contribution in [0.3, 0.4) is 0 Å². The Morgan fingerprint density at radius 3 is 2.45 bits per heavy atom. The quantitative estimate of drug-likeness (QED) is 0.533. The maximum Gasteiger partial charge on any atom is 0.0707 e. The topological polar surface area (TPSA) is 26.7 Å². The smallest absolute Gasteiger partial charge is 0.0707 e. The molecule has 172 valence electrons. The van der Waals surface area contributed by atoms with Gasteiger partial charge in [-0.1, -0.05) is 48.8 Å². The molecule has 5 heterocycles.